The molecule has 136 valence electrons. The molecule has 0 aliphatic heterocycles. The van der Waals surface area contributed by atoms with Crippen molar-refractivity contribution >= 4 is 11.9 Å². The van der Waals surface area contributed by atoms with Crippen LogP contribution in [0.2, 0.25) is 0 Å². The molecular weight excluding hydrogens is 348 g/mol. The third-order valence-electron chi connectivity index (χ3n) is 3.56. The summed E-state index contributed by atoms with van der Waals surface area (Å²) < 4.78 is 76.2. The molecule has 1 aromatic heterocycles. The first-order valence-corrected chi connectivity index (χ1v) is 7.17. The molecule has 0 unspecified atom stereocenters. The standard InChI is InChI=1S/C16H15F6N3/c1-10-7-12(11(2)25(10)9-15(17,18)19)8-23-24-14-5-3-13(4-6-14)16(20,21)22/h3-8,24H,9H2,1-2H3/b23-8+. The molecule has 2 rings (SSSR count). The fraction of sp³-hybridized carbons (Fsp3) is 0.312. The number of alkyl halides is 6. The number of aromatic nitrogens is 1. The summed E-state index contributed by atoms with van der Waals surface area (Å²) in [4.78, 5) is 0. The van der Waals surface area contributed by atoms with Gasteiger partial charge < -0.3 is 4.57 Å². The van der Waals surface area contributed by atoms with Gasteiger partial charge in [0.25, 0.3) is 0 Å². The van der Waals surface area contributed by atoms with Crippen LogP contribution in [0.3, 0.4) is 0 Å². The van der Waals surface area contributed by atoms with Crippen LogP contribution in [-0.4, -0.2) is 17.0 Å². The smallest absolute Gasteiger partial charge is 0.339 e. The second kappa shape index (κ2) is 6.81. The summed E-state index contributed by atoms with van der Waals surface area (Å²) >= 11 is 0. The summed E-state index contributed by atoms with van der Waals surface area (Å²) in [5, 5.41) is 3.86. The van der Waals surface area contributed by atoms with Gasteiger partial charge in [0.1, 0.15) is 6.54 Å². The molecule has 1 aromatic carbocycles. The van der Waals surface area contributed by atoms with Crippen LogP contribution in [0.25, 0.3) is 0 Å². The number of anilines is 1. The van der Waals surface area contributed by atoms with Crippen molar-refractivity contribution in [3.05, 3.63) is 52.8 Å². The Kier molecular flexibility index (Phi) is 5.15. The van der Waals surface area contributed by atoms with E-state index in [2.05, 4.69) is 10.5 Å². The van der Waals surface area contributed by atoms with E-state index in [1.165, 1.54) is 25.3 Å². The van der Waals surface area contributed by atoms with Crippen LogP contribution in [0.15, 0.2) is 35.4 Å². The van der Waals surface area contributed by atoms with Gasteiger partial charge in [-0.1, -0.05) is 0 Å². The van der Waals surface area contributed by atoms with Crippen molar-refractivity contribution in [2.45, 2.75) is 32.7 Å². The van der Waals surface area contributed by atoms with E-state index in [0.717, 1.165) is 16.7 Å². The van der Waals surface area contributed by atoms with Crippen molar-refractivity contribution in [2.24, 2.45) is 5.10 Å². The lowest BCUT2D eigenvalue weighted by Crippen LogP contribution is -2.19. The zero-order chi connectivity index (χ0) is 18.8. The maximum absolute atomic E-state index is 12.6. The number of hydrogen-bond acceptors (Lipinski definition) is 2. The molecule has 1 heterocycles. The number of hydrogen-bond donors (Lipinski definition) is 1. The lowest BCUT2D eigenvalue weighted by molar-refractivity contribution is -0.141. The van der Waals surface area contributed by atoms with Crippen molar-refractivity contribution in [3.63, 3.8) is 0 Å². The molecule has 0 atom stereocenters. The average Bonchev–Trinajstić information content (AvgIpc) is 2.73. The minimum absolute atomic E-state index is 0.327. The van der Waals surface area contributed by atoms with Crippen LogP contribution in [0.4, 0.5) is 32.0 Å². The predicted molar refractivity (Wildman–Crippen MR) is 82.6 cm³/mol. The molecule has 0 saturated heterocycles. The highest BCUT2D eigenvalue weighted by Crippen LogP contribution is 2.29. The van der Waals surface area contributed by atoms with E-state index in [0.29, 0.717) is 22.6 Å². The molecule has 9 heteroatoms. The van der Waals surface area contributed by atoms with Crippen molar-refractivity contribution < 1.29 is 26.3 Å². The summed E-state index contributed by atoms with van der Waals surface area (Å²) in [6.07, 6.45) is -7.42. The summed E-state index contributed by atoms with van der Waals surface area (Å²) in [5.41, 5.74) is 3.41. The van der Waals surface area contributed by atoms with Gasteiger partial charge >= 0.3 is 12.4 Å². The fourth-order valence-corrected chi connectivity index (χ4v) is 2.29. The number of nitrogens with one attached hydrogen (secondary N) is 1. The lowest BCUT2D eigenvalue weighted by Gasteiger charge is -2.12. The van der Waals surface area contributed by atoms with Crippen molar-refractivity contribution in [1.29, 1.82) is 0 Å². The molecule has 0 aliphatic rings. The maximum atomic E-state index is 12.6. The van der Waals surface area contributed by atoms with Crippen LogP contribution < -0.4 is 5.43 Å². The van der Waals surface area contributed by atoms with Gasteiger partial charge in [-0.2, -0.15) is 31.4 Å². The molecule has 0 fully saturated rings. The fourth-order valence-electron chi connectivity index (χ4n) is 2.29. The molecule has 0 bridgehead atoms. The molecule has 1 N–H and O–H groups in total. The zero-order valence-corrected chi connectivity index (χ0v) is 13.3. The van der Waals surface area contributed by atoms with E-state index >= 15 is 0 Å². The predicted octanol–water partition coefficient (Wildman–Crippen LogP) is 5.13. The van der Waals surface area contributed by atoms with Gasteiger partial charge in [-0.3, -0.25) is 5.43 Å². The molecule has 0 aliphatic carbocycles. The summed E-state index contributed by atoms with van der Waals surface area (Å²) in [6.45, 7) is 2.00. The molecule has 25 heavy (non-hydrogen) atoms. The van der Waals surface area contributed by atoms with Crippen LogP contribution in [-0.2, 0) is 12.7 Å². The van der Waals surface area contributed by atoms with Crippen LogP contribution in [0, 0.1) is 13.8 Å². The second-order valence-corrected chi connectivity index (χ2v) is 5.47. The van der Waals surface area contributed by atoms with Crippen LogP contribution in [0.5, 0.6) is 0 Å². The SMILES string of the molecule is Cc1cc(/C=N/Nc2ccc(C(F)(F)F)cc2)c(C)n1CC(F)(F)F. The summed E-state index contributed by atoms with van der Waals surface area (Å²) in [6, 6.07) is 5.80. The Balaban J connectivity index is 2.09. The molecule has 0 amide bonds. The average molecular weight is 363 g/mol. The Bertz CT molecular complexity index is 754. The Morgan fingerprint density at radius 1 is 1.04 bits per heavy atom. The highest BCUT2D eigenvalue weighted by molar-refractivity contribution is 5.82. The largest absolute Gasteiger partial charge is 0.416 e. The minimum Gasteiger partial charge on any atom is -0.339 e. The van der Waals surface area contributed by atoms with Gasteiger partial charge in [0.05, 0.1) is 17.5 Å². The van der Waals surface area contributed by atoms with E-state index < -0.39 is 24.5 Å². The molecule has 2 aromatic rings. The normalized spacial score (nSPS) is 12.8. The second-order valence-electron chi connectivity index (χ2n) is 5.47. The molecule has 0 spiro atoms. The number of rotatable bonds is 4. The monoisotopic (exact) mass is 363 g/mol. The highest BCUT2D eigenvalue weighted by Gasteiger charge is 2.30. The Hall–Kier alpha value is -2.45. The Labute approximate surface area is 140 Å². The van der Waals surface area contributed by atoms with Crippen LogP contribution in [0.1, 0.15) is 22.5 Å². The first kappa shape index (κ1) is 18.9. The van der Waals surface area contributed by atoms with Crippen LogP contribution >= 0.6 is 0 Å². The first-order valence-electron chi connectivity index (χ1n) is 7.17. The van der Waals surface area contributed by atoms with E-state index in [1.54, 1.807) is 13.0 Å². The molecular formula is C16H15F6N3. The highest BCUT2D eigenvalue weighted by atomic mass is 19.4. The summed E-state index contributed by atoms with van der Waals surface area (Å²) in [7, 11) is 0. The lowest BCUT2D eigenvalue weighted by atomic mass is 10.2. The molecule has 3 nitrogen and oxygen atoms in total. The summed E-state index contributed by atoms with van der Waals surface area (Å²) in [5.74, 6) is 0. The topological polar surface area (TPSA) is 29.3 Å². The molecule has 0 radical (unpaired) electrons. The zero-order valence-electron chi connectivity index (χ0n) is 13.3. The minimum atomic E-state index is -4.42. The van der Waals surface area contributed by atoms with Gasteiger partial charge in [0, 0.05) is 17.0 Å². The van der Waals surface area contributed by atoms with Gasteiger partial charge in [0.2, 0.25) is 0 Å². The van der Waals surface area contributed by atoms with E-state index in [9.17, 15) is 26.3 Å². The van der Waals surface area contributed by atoms with Gasteiger partial charge in [0.15, 0.2) is 0 Å². The maximum Gasteiger partial charge on any atom is 0.416 e. The van der Waals surface area contributed by atoms with E-state index in [4.69, 9.17) is 0 Å². The van der Waals surface area contributed by atoms with Crippen molar-refractivity contribution in [3.8, 4) is 0 Å². The number of halogens is 6. The van der Waals surface area contributed by atoms with Gasteiger partial charge in [-0.15, -0.1) is 0 Å². The van der Waals surface area contributed by atoms with E-state index in [1.807, 2.05) is 0 Å². The molecule has 0 saturated carbocycles. The Morgan fingerprint density at radius 2 is 1.64 bits per heavy atom. The van der Waals surface area contributed by atoms with Gasteiger partial charge in [-0.05, 0) is 44.2 Å². The number of benzene rings is 1. The van der Waals surface area contributed by atoms with Crippen molar-refractivity contribution in [1.82, 2.24) is 4.57 Å². The number of nitrogens with zero attached hydrogens (tertiary/aromatic N) is 2. The Morgan fingerprint density at radius 3 is 2.16 bits per heavy atom. The first-order chi connectivity index (χ1) is 11.5. The number of aryl methyl sites for hydroxylation is 1. The van der Waals surface area contributed by atoms with Crippen molar-refractivity contribution in [2.75, 3.05) is 5.43 Å². The number of hydrazone groups is 1. The van der Waals surface area contributed by atoms with Gasteiger partial charge in [-0.25, -0.2) is 0 Å². The van der Waals surface area contributed by atoms with E-state index in [-0.39, 0.29) is 0 Å². The quantitative estimate of drug-likeness (QED) is 0.455. The third kappa shape index (κ3) is 5.01. The third-order valence-corrected chi connectivity index (χ3v) is 3.56.